The zero-order valence-electron chi connectivity index (χ0n) is 11.7. The van der Waals surface area contributed by atoms with Gasteiger partial charge < -0.3 is 11.1 Å². The molecule has 0 saturated carbocycles. The summed E-state index contributed by atoms with van der Waals surface area (Å²) in [6, 6.07) is 0. The van der Waals surface area contributed by atoms with Crippen LogP contribution in [0.25, 0.3) is 0 Å². The number of rotatable bonds is 2. The summed E-state index contributed by atoms with van der Waals surface area (Å²) in [7, 11) is 1.43. The second kappa shape index (κ2) is 6.64. The number of aryl methyl sites for hydroxylation is 1. The molecular weight excluding hydrogens is 386 g/mol. The summed E-state index contributed by atoms with van der Waals surface area (Å²) in [5, 5.41) is 6.27. The molecule has 5 nitrogen and oxygen atoms in total. The first-order valence-corrected chi connectivity index (χ1v) is 5.67. The van der Waals surface area contributed by atoms with Crippen LogP contribution in [0, 0.1) is 0 Å². The predicted molar refractivity (Wildman–Crippen MR) is 81.8 cm³/mol. The van der Waals surface area contributed by atoms with Gasteiger partial charge in [-0.15, -0.1) is 24.0 Å². The third kappa shape index (κ3) is 5.97. The lowest BCUT2D eigenvalue weighted by molar-refractivity contribution is -0.142. The van der Waals surface area contributed by atoms with Gasteiger partial charge in [0.05, 0.1) is 6.54 Å². The minimum atomic E-state index is -4.49. The maximum atomic E-state index is 12.7. The van der Waals surface area contributed by atoms with Crippen molar-refractivity contribution in [2.24, 2.45) is 17.8 Å². The lowest BCUT2D eigenvalue weighted by atomic mass is 10.1. The van der Waals surface area contributed by atoms with Crippen LogP contribution in [-0.2, 0) is 19.8 Å². The molecule has 0 aliphatic rings. The number of hydrogen-bond acceptors (Lipinski definition) is 2. The van der Waals surface area contributed by atoms with E-state index in [1.165, 1.54) is 13.2 Å². The highest BCUT2D eigenvalue weighted by Gasteiger charge is 2.36. The zero-order chi connectivity index (χ0) is 14.8. The molecule has 20 heavy (non-hydrogen) atoms. The van der Waals surface area contributed by atoms with Crippen molar-refractivity contribution in [2.45, 2.75) is 39.0 Å². The first kappa shape index (κ1) is 19.0. The van der Waals surface area contributed by atoms with Gasteiger partial charge in [-0.25, -0.2) is 4.99 Å². The summed E-state index contributed by atoms with van der Waals surface area (Å²) in [6.07, 6.45) is -3.20. The maximum absolute atomic E-state index is 12.7. The van der Waals surface area contributed by atoms with Crippen LogP contribution in [0.5, 0.6) is 0 Å². The van der Waals surface area contributed by atoms with Gasteiger partial charge in [0, 0.05) is 24.3 Å². The Hall–Kier alpha value is -1.00. The summed E-state index contributed by atoms with van der Waals surface area (Å²) in [5.74, 6) is 0.101. The number of nitrogens with zero attached hydrogens (tertiary/aromatic N) is 3. The highest BCUT2D eigenvalue weighted by atomic mass is 127. The lowest BCUT2D eigenvalue weighted by Gasteiger charge is -2.20. The lowest BCUT2D eigenvalue weighted by Crippen LogP contribution is -2.45. The summed E-state index contributed by atoms with van der Waals surface area (Å²) in [4.78, 5) is 3.90. The van der Waals surface area contributed by atoms with Gasteiger partial charge in [0.15, 0.2) is 11.7 Å². The van der Waals surface area contributed by atoms with Crippen LogP contribution >= 0.6 is 24.0 Å². The van der Waals surface area contributed by atoms with E-state index >= 15 is 0 Å². The number of nitrogens with one attached hydrogen (secondary N) is 1. The Bertz CT molecular complexity index is 473. The molecule has 0 spiro atoms. The van der Waals surface area contributed by atoms with Gasteiger partial charge in [-0.2, -0.15) is 18.3 Å². The van der Waals surface area contributed by atoms with E-state index in [9.17, 15) is 13.2 Å². The molecule has 0 amide bonds. The van der Waals surface area contributed by atoms with Crippen molar-refractivity contribution in [3.05, 3.63) is 17.5 Å². The normalized spacial score (nSPS) is 13.1. The van der Waals surface area contributed by atoms with E-state index in [4.69, 9.17) is 5.73 Å². The van der Waals surface area contributed by atoms with Gasteiger partial charge in [-0.3, -0.25) is 4.68 Å². The molecule has 0 radical (unpaired) electrons. The molecule has 0 aromatic carbocycles. The predicted octanol–water partition coefficient (Wildman–Crippen LogP) is 2.26. The molecule has 0 aliphatic heterocycles. The standard InChI is InChI=1S/C11H18F3N5.HI/c1-10(2,3)17-9(15)16-5-7-6-19(4)18-8(7)11(12,13)14;/h6H,5H2,1-4H3,(H3,15,16,17);1H. The van der Waals surface area contributed by atoms with E-state index in [0.29, 0.717) is 0 Å². The van der Waals surface area contributed by atoms with E-state index in [0.717, 1.165) is 4.68 Å². The van der Waals surface area contributed by atoms with E-state index in [2.05, 4.69) is 15.4 Å². The fourth-order valence-electron chi connectivity index (χ4n) is 1.49. The first-order chi connectivity index (χ1) is 8.49. The fourth-order valence-corrected chi connectivity index (χ4v) is 1.49. The van der Waals surface area contributed by atoms with Gasteiger partial charge in [0.25, 0.3) is 0 Å². The van der Waals surface area contributed by atoms with Gasteiger partial charge in [0.2, 0.25) is 0 Å². The molecule has 0 aliphatic carbocycles. The number of aromatic nitrogens is 2. The molecule has 0 bridgehead atoms. The second-order valence-corrected chi connectivity index (χ2v) is 5.25. The Morgan fingerprint density at radius 1 is 1.40 bits per heavy atom. The maximum Gasteiger partial charge on any atom is 0.435 e. The second-order valence-electron chi connectivity index (χ2n) is 5.25. The quantitative estimate of drug-likeness (QED) is 0.451. The molecule has 9 heteroatoms. The Morgan fingerprint density at radius 2 is 1.95 bits per heavy atom. The SMILES string of the molecule is Cn1cc(CN=C(N)NC(C)(C)C)c(C(F)(F)F)n1.I. The van der Waals surface area contributed by atoms with Crippen LogP contribution in [0.3, 0.4) is 0 Å². The molecule has 116 valence electrons. The molecule has 1 heterocycles. The monoisotopic (exact) mass is 405 g/mol. The topological polar surface area (TPSA) is 68.2 Å². The number of alkyl halides is 3. The van der Waals surface area contributed by atoms with Crippen LogP contribution < -0.4 is 11.1 Å². The number of guanidine groups is 1. The highest BCUT2D eigenvalue weighted by Crippen LogP contribution is 2.30. The minimum Gasteiger partial charge on any atom is -0.370 e. The molecule has 1 rings (SSSR count). The summed E-state index contributed by atoms with van der Waals surface area (Å²) in [6.45, 7) is 5.46. The summed E-state index contributed by atoms with van der Waals surface area (Å²) >= 11 is 0. The fraction of sp³-hybridized carbons (Fsp3) is 0.636. The molecule has 0 atom stereocenters. The van der Waals surface area contributed by atoms with Crippen LogP contribution in [-0.4, -0.2) is 21.3 Å². The average Bonchev–Trinajstić information content (AvgIpc) is 2.53. The Kier molecular flexibility index (Phi) is 6.30. The van der Waals surface area contributed by atoms with Gasteiger partial charge in [-0.05, 0) is 20.8 Å². The smallest absolute Gasteiger partial charge is 0.370 e. The Balaban J connectivity index is 0.00000361. The van der Waals surface area contributed by atoms with Crippen molar-refractivity contribution in [1.29, 1.82) is 0 Å². The van der Waals surface area contributed by atoms with E-state index in [-0.39, 0.29) is 47.6 Å². The molecule has 3 N–H and O–H groups in total. The molecule has 0 fully saturated rings. The van der Waals surface area contributed by atoms with Gasteiger partial charge in [0.1, 0.15) is 0 Å². The van der Waals surface area contributed by atoms with Crippen LogP contribution in [0.1, 0.15) is 32.0 Å². The third-order valence-electron chi connectivity index (χ3n) is 2.10. The van der Waals surface area contributed by atoms with Gasteiger partial charge >= 0.3 is 6.18 Å². The third-order valence-corrected chi connectivity index (χ3v) is 2.10. The zero-order valence-corrected chi connectivity index (χ0v) is 14.1. The minimum absolute atomic E-state index is 0. The summed E-state index contributed by atoms with van der Waals surface area (Å²) < 4.78 is 39.2. The summed E-state index contributed by atoms with van der Waals surface area (Å²) in [5.41, 5.74) is 4.37. The first-order valence-electron chi connectivity index (χ1n) is 5.67. The average molecular weight is 405 g/mol. The van der Waals surface area contributed by atoms with E-state index in [1.54, 1.807) is 0 Å². The van der Waals surface area contributed by atoms with Crippen molar-refractivity contribution in [3.8, 4) is 0 Å². The van der Waals surface area contributed by atoms with Crippen LogP contribution in [0.2, 0.25) is 0 Å². The Labute approximate surface area is 132 Å². The highest BCUT2D eigenvalue weighted by molar-refractivity contribution is 14.0. The molecule has 1 aromatic rings. The van der Waals surface area contributed by atoms with E-state index in [1.807, 2.05) is 20.8 Å². The molecule has 0 saturated heterocycles. The number of aliphatic imine (C=N–C) groups is 1. The largest absolute Gasteiger partial charge is 0.435 e. The number of hydrogen-bond donors (Lipinski definition) is 2. The van der Waals surface area contributed by atoms with Crippen molar-refractivity contribution < 1.29 is 13.2 Å². The number of halogens is 4. The van der Waals surface area contributed by atoms with Crippen molar-refractivity contribution >= 4 is 29.9 Å². The van der Waals surface area contributed by atoms with Crippen molar-refractivity contribution in [2.75, 3.05) is 0 Å². The van der Waals surface area contributed by atoms with Crippen LogP contribution in [0.4, 0.5) is 13.2 Å². The molecule has 0 unspecified atom stereocenters. The van der Waals surface area contributed by atoms with Crippen molar-refractivity contribution in [1.82, 2.24) is 15.1 Å². The van der Waals surface area contributed by atoms with E-state index < -0.39 is 11.9 Å². The molecular formula is C11H19F3IN5. The van der Waals surface area contributed by atoms with Crippen molar-refractivity contribution in [3.63, 3.8) is 0 Å². The van der Waals surface area contributed by atoms with Crippen LogP contribution in [0.15, 0.2) is 11.2 Å². The van der Waals surface area contributed by atoms with Gasteiger partial charge in [-0.1, -0.05) is 0 Å². The molecule has 1 aromatic heterocycles. The Morgan fingerprint density at radius 3 is 2.40 bits per heavy atom. The number of nitrogens with two attached hydrogens (primary N) is 1.